The Hall–Kier alpha value is -0.940. The first kappa shape index (κ1) is 11.2. The maximum absolute atomic E-state index is 12.0. The summed E-state index contributed by atoms with van der Waals surface area (Å²) < 4.78 is 0. The summed E-state index contributed by atoms with van der Waals surface area (Å²) in [5.74, 6) is 0.0381. The van der Waals surface area contributed by atoms with Crippen molar-refractivity contribution in [3.8, 4) is 0 Å². The fourth-order valence-electron chi connectivity index (χ4n) is 2.76. The molecule has 3 N–H and O–H groups in total. The predicted octanol–water partition coefficient (Wildman–Crippen LogP) is 1.70. The minimum Gasteiger partial charge on any atom is -0.327 e. The average Bonchev–Trinajstić information content (AvgIpc) is 2.92. The van der Waals surface area contributed by atoms with Crippen molar-refractivity contribution in [3.63, 3.8) is 0 Å². The van der Waals surface area contributed by atoms with Crippen LogP contribution in [0.2, 0.25) is 0 Å². The molecule has 17 heavy (non-hydrogen) atoms. The highest BCUT2D eigenvalue weighted by atomic mass is 32.1. The zero-order valence-corrected chi connectivity index (χ0v) is 10.6. The molecule has 2 aliphatic rings. The summed E-state index contributed by atoms with van der Waals surface area (Å²) >= 11 is 1.63. The zero-order chi connectivity index (χ0) is 11.8. The summed E-state index contributed by atoms with van der Waals surface area (Å²) in [5.41, 5.74) is 7.11. The topological polar surface area (TPSA) is 68.0 Å². The number of nitrogens with zero attached hydrogens (tertiary/aromatic N) is 1. The lowest BCUT2D eigenvalue weighted by Gasteiger charge is -2.13. The Labute approximate surface area is 105 Å². The van der Waals surface area contributed by atoms with Gasteiger partial charge in [0.1, 0.15) is 0 Å². The molecule has 1 fully saturated rings. The lowest BCUT2D eigenvalue weighted by molar-refractivity contribution is -0.120. The van der Waals surface area contributed by atoms with Gasteiger partial charge in [-0.05, 0) is 32.1 Å². The Morgan fingerprint density at radius 1 is 1.35 bits per heavy atom. The first-order chi connectivity index (χ1) is 8.24. The Morgan fingerprint density at radius 2 is 2.24 bits per heavy atom. The van der Waals surface area contributed by atoms with Crippen LogP contribution in [0.25, 0.3) is 0 Å². The number of nitrogens with one attached hydrogen (secondary N) is 1. The van der Waals surface area contributed by atoms with E-state index in [1.165, 1.54) is 17.0 Å². The number of hydrogen-bond donors (Lipinski definition) is 2. The van der Waals surface area contributed by atoms with Gasteiger partial charge < -0.3 is 11.1 Å². The van der Waals surface area contributed by atoms with Gasteiger partial charge in [-0.25, -0.2) is 4.98 Å². The monoisotopic (exact) mass is 251 g/mol. The third-order valence-corrected chi connectivity index (χ3v) is 4.80. The largest absolute Gasteiger partial charge is 0.327 e. The Balaban J connectivity index is 1.68. The summed E-state index contributed by atoms with van der Waals surface area (Å²) in [6, 6.07) is 0.0295. The van der Waals surface area contributed by atoms with Gasteiger partial charge in [0, 0.05) is 10.9 Å². The summed E-state index contributed by atoms with van der Waals surface area (Å²) in [4.78, 5) is 17.8. The van der Waals surface area contributed by atoms with Crippen LogP contribution in [0, 0.1) is 5.92 Å². The number of hydrogen-bond acceptors (Lipinski definition) is 4. The molecule has 2 unspecified atom stereocenters. The number of anilines is 1. The molecule has 92 valence electrons. The molecular formula is C12H17N3OS. The molecule has 1 heterocycles. The number of nitrogens with two attached hydrogens (primary N) is 1. The molecule has 0 spiro atoms. The van der Waals surface area contributed by atoms with Gasteiger partial charge in [-0.2, -0.15) is 0 Å². The minimum atomic E-state index is -0.0197. The van der Waals surface area contributed by atoms with Crippen LogP contribution in [0.1, 0.15) is 36.3 Å². The first-order valence-electron chi connectivity index (χ1n) is 6.29. The first-order valence-corrected chi connectivity index (χ1v) is 7.11. The van der Waals surface area contributed by atoms with E-state index in [0.717, 1.165) is 37.2 Å². The number of carbonyl (C=O) groups is 1. The Kier molecular flexibility index (Phi) is 2.88. The Bertz CT molecular complexity index is 421. The molecule has 5 heteroatoms. The van der Waals surface area contributed by atoms with Crippen LogP contribution in [-0.2, 0) is 17.6 Å². The molecule has 1 aromatic rings. The maximum atomic E-state index is 12.0. The van der Waals surface area contributed by atoms with E-state index in [1.54, 1.807) is 11.3 Å². The normalized spacial score (nSPS) is 27.1. The second kappa shape index (κ2) is 4.38. The van der Waals surface area contributed by atoms with Crippen molar-refractivity contribution in [3.05, 3.63) is 10.6 Å². The van der Waals surface area contributed by atoms with E-state index in [4.69, 9.17) is 5.73 Å². The molecular weight excluding hydrogens is 234 g/mol. The fourth-order valence-corrected chi connectivity index (χ4v) is 3.81. The van der Waals surface area contributed by atoms with Crippen LogP contribution in [0.15, 0.2) is 0 Å². The summed E-state index contributed by atoms with van der Waals surface area (Å²) in [6.07, 6.45) is 6.32. The van der Waals surface area contributed by atoms with Gasteiger partial charge in [0.2, 0.25) is 5.91 Å². The van der Waals surface area contributed by atoms with Crippen molar-refractivity contribution in [1.29, 1.82) is 0 Å². The molecule has 2 aliphatic carbocycles. The van der Waals surface area contributed by atoms with Crippen molar-refractivity contribution in [2.75, 3.05) is 5.32 Å². The molecule has 2 atom stereocenters. The predicted molar refractivity (Wildman–Crippen MR) is 68.1 cm³/mol. The lowest BCUT2D eigenvalue weighted by Crippen LogP contribution is -2.34. The maximum Gasteiger partial charge on any atom is 0.230 e. The van der Waals surface area contributed by atoms with Crippen molar-refractivity contribution < 1.29 is 4.79 Å². The minimum absolute atomic E-state index is 0.0197. The van der Waals surface area contributed by atoms with Crippen LogP contribution in [0.3, 0.4) is 0 Å². The molecule has 4 nitrogen and oxygen atoms in total. The highest BCUT2D eigenvalue weighted by molar-refractivity contribution is 7.15. The van der Waals surface area contributed by atoms with Crippen molar-refractivity contribution in [1.82, 2.24) is 4.98 Å². The number of carbonyl (C=O) groups excluding carboxylic acids is 1. The SMILES string of the molecule is NC1CCCC1C(=O)Nc1nc2c(s1)CCC2. The molecule has 1 amide bonds. The number of fused-ring (bicyclic) bond motifs is 1. The number of amides is 1. The third-order valence-electron chi connectivity index (χ3n) is 3.73. The van der Waals surface area contributed by atoms with Gasteiger partial charge in [0.25, 0.3) is 0 Å². The molecule has 1 aromatic heterocycles. The van der Waals surface area contributed by atoms with Crippen molar-refractivity contribution in [2.24, 2.45) is 11.7 Å². The van der Waals surface area contributed by atoms with Gasteiger partial charge in [-0.3, -0.25) is 4.79 Å². The molecule has 1 saturated carbocycles. The highest BCUT2D eigenvalue weighted by Crippen LogP contribution is 2.31. The van der Waals surface area contributed by atoms with E-state index >= 15 is 0 Å². The van der Waals surface area contributed by atoms with Crippen LogP contribution < -0.4 is 11.1 Å². The average molecular weight is 251 g/mol. The van der Waals surface area contributed by atoms with Crippen LogP contribution >= 0.6 is 11.3 Å². The van der Waals surface area contributed by atoms with E-state index in [2.05, 4.69) is 10.3 Å². The summed E-state index contributed by atoms with van der Waals surface area (Å²) in [5, 5.41) is 3.69. The van der Waals surface area contributed by atoms with Crippen LogP contribution in [0.4, 0.5) is 5.13 Å². The van der Waals surface area contributed by atoms with Crippen LogP contribution in [-0.4, -0.2) is 16.9 Å². The van der Waals surface area contributed by atoms with E-state index < -0.39 is 0 Å². The summed E-state index contributed by atoms with van der Waals surface area (Å²) in [6.45, 7) is 0. The lowest BCUT2D eigenvalue weighted by atomic mass is 10.0. The molecule has 0 saturated heterocycles. The van der Waals surface area contributed by atoms with E-state index in [0.29, 0.717) is 0 Å². The second-order valence-corrected chi connectivity index (χ2v) is 6.02. The number of rotatable bonds is 2. The van der Waals surface area contributed by atoms with Gasteiger partial charge >= 0.3 is 0 Å². The van der Waals surface area contributed by atoms with Crippen molar-refractivity contribution in [2.45, 2.75) is 44.6 Å². The van der Waals surface area contributed by atoms with E-state index in [9.17, 15) is 4.79 Å². The molecule has 0 bridgehead atoms. The number of aryl methyl sites for hydroxylation is 2. The third kappa shape index (κ3) is 2.09. The van der Waals surface area contributed by atoms with Gasteiger partial charge in [-0.1, -0.05) is 6.42 Å². The van der Waals surface area contributed by atoms with Crippen LogP contribution in [0.5, 0.6) is 0 Å². The quantitative estimate of drug-likeness (QED) is 0.840. The number of aromatic nitrogens is 1. The molecule has 0 radical (unpaired) electrons. The van der Waals surface area contributed by atoms with Gasteiger partial charge in [0.15, 0.2) is 5.13 Å². The number of thiazole rings is 1. The molecule has 0 aliphatic heterocycles. The molecule has 3 rings (SSSR count). The fraction of sp³-hybridized carbons (Fsp3) is 0.667. The second-order valence-electron chi connectivity index (χ2n) is 4.93. The van der Waals surface area contributed by atoms with Gasteiger partial charge in [0.05, 0.1) is 11.6 Å². The van der Waals surface area contributed by atoms with Crippen molar-refractivity contribution >= 4 is 22.4 Å². The van der Waals surface area contributed by atoms with E-state index in [1.807, 2.05) is 0 Å². The Morgan fingerprint density at radius 3 is 2.94 bits per heavy atom. The molecule has 0 aromatic carbocycles. The standard InChI is InChI=1S/C12H17N3OS/c13-8-4-1-3-7(8)11(16)15-12-14-9-5-2-6-10(9)17-12/h7-8H,1-6,13H2,(H,14,15,16). The highest BCUT2D eigenvalue weighted by Gasteiger charge is 2.31. The summed E-state index contributed by atoms with van der Waals surface area (Å²) in [7, 11) is 0. The zero-order valence-electron chi connectivity index (χ0n) is 9.74. The van der Waals surface area contributed by atoms with E-state index in [-0.39, 0.29) is 17.9 Å². The van der Waals surface area contributed by atoms with Gasteiger partial charge in [-0.15, -0.1) is 11.3 Å². The smallest absolute Gasteiger partial charge is 0.230 e.